The lowest BCUT2D eigenvalue weighted by Crippen LogP contribution is -2.43. The van der Waals surface area contributed by atoms with E-state index in [-0.39, 0.29) is 73.2 Å². The van der Waals surface area contributed by atoms with Crippen molar-refractivity contribution in [3.8, 4) is 23.0 Å². The molecule has 2 saturated heterocycles. The molecule has 19 rings (SSSR count). The number of carbonyl (C=O) groups is 5. The van der Waals surface area contributed by atoms with Crippen molar-refractivity contribution in [3.05, 3.63) is 287 Å². The van der Waals surface area contributed by atoms with Crippen molar-refractivity contribution in [2.24, 2.45) is 5.92 Å². The van der Waals surface area contributed by atoms with E-state index in [4.69, 9.17) is 98.6 Å². The highest BCUT2D eigenvalue weighted by Crippen LogP contribution is 2.46. The first kappa shape index (κ1) is 95.8. The number of aromatic nitrogens is 4. The Morgan fingerprint density at radius 3 is 1.48 bits per heavy atom. The molecule has 6 aliphatic rings. The fourth-order valence-corrected chi connectivity index (χ4v) is 21.7. The smallest absolute Gasteiger partial charge is 0.416 e. The van der Waals surface area contributed by atoms with Crippen LogP contribution in [0.2, 0.25) is 25.1 Å². The Morgan fingerprint density at radius 2 is 0.978 bits per heavy atom. The second-order valence-corrected chi connectivity index (χ2v) is 38.3. The van der Waals surface area contributed by atoms with Gasteiger partial charge in [0.1, 0.15) is 48.1 Å². The van der Waals surface area contributed by atoms with Gasteiger partial charge in [-0.2, -0.15) is 11.8 Å². The van der Waals surface area contributed by atoms with E-state index in [2.05, 4.69) is 97.9 Å². The van der Waals surface area contributed by atoms with Gasteiger partial charge in [-0.25, -0.2) is 18.8 Å². The van der Waals surface area contributed by atoms with Crippen LogP contribution < -0.4 is 34.9 Å². The number of ether oxygens (including phenoxy) is 6. The topological polar surface area (TPSA) is 256 Å². The summed E-state index contributed by atoms with van der Waals surface area (Å²) in [5.41, 5.74) is 17.1. The van der Waals surface area contributed by atoms with Crippen LogP contribution in [0.4, 0.5) is 24.5 Å². The number of benzene rings is 9. The third-order valence-electron chi connectivity index (χ3n) is 25.6. The molecule has 31 heteroatoms. The first-order valence-electron chi connectivity index (χ1n) is 45.4. The number of halogens is 6. The molecule has 5 amide bonds. The lowest BCUT2D eigenvalue weighted by atomic mass is 9.88. The van der Waals surface area contributed by atoms with Crippen LogP contribution in [0.3, 0.4) is 0 Å². The fraction of sp³-hybridized carbons (Fsp3) is 0.340. The lowest BCUT2D eigenvalue weighted by Gasteiger charge is -2.38. The van der Waals surface area contributed by atoms with E-state index >= 15 is 0 Å². The highest BCUT2D eigenvalue weighted by atomic mass is 35.5. The molecule has 134 heavy (non-hydrogen) atoms. The molecular formula is C103H108Cl5FN12O11S2. The van der Waals surface area contributed by atoms with Crippen LogP contribution in [0.1, 0.15) is 152 Å². The number of hydrogen-bond donors (Lipinski definition) is 7. The molecule has 0 aliphatic carbocycles. The quantitative estimate of drug-likeness (QED) is 0.0136. The number of rotatable bonds is 23. The maximum Gasteiger partial charge on any atom is 0.416 e. The third kappa shape index (κ3) is 22.1. The Hall–Kier alpha value is -11.3. The van der Waals surface area contributed by atoms with Crippen LogP contribution >= 0.6 is 82.0 Å². The monoisotopic (exact) mass is 1950 g/mol. The normalized spacial score (nSPS) is 18.3. The summed E-state index contributed by atoms with van der Waals surface area (Å²) in [6.07, 6.45) is 7.35. The standard InChI is InChI=1S/C36H36Cl2N4O6S.C25H21ClFN3OS.C24H28ClN3O2.C18H23ClN2O2/c37-22-7-12-25(13-8-22)48-36(45)42-16-15-26-27-19-23(38)9-14-28(27)39-32(26)34(42)21-5-10-24(11-6-21)46-17-18-47-31(43)4-2-1-3-30-33-29(20-49-30)40-35(44)41-33;1-31-19-9-2-15(3-10-19)24-23-20(21-14-16(26)4-11-22(21)29-23)12-13-30(24)25(32)28-18-7-5-17(27)6-8-18;1-16(29)28-13-11-20-21-15-18(25)7-10-22(21)26-23(20)24(28)17-5-8-19(9-6-17)30-14-4-12-27(2)3;1-4-11(3)17-16-13(8-9-21(17)18(22)23-5-2)14-10-12(19)6-7-15(14)20-16/h5-14,19,29-30,33-34,39H,1-4,15-18,20H2,(H2,40,41,44);2-11,14,24,29H,12-13H2,1H3,(H,28,32);5-10,15,24,26H,4,11-14H2,1-3H3;6-7,10-11,17,20H,4-5,8-9H2,1-3H3. The van der Waals surface area contributed by atoms with Crippen molar-refractivity contribution in [2.75, 3.05) is 91.4 Å². The van der Waals surface area contributed by atoms with Crippen LogP contribution in [0.25, 0.3) is 43.6 Å². The molecule has 6 aliphatic heterocycles. The Balaban J connectivity index is 0.000000135. The van der Waals surface area contributed by atoms with Crippen LogP contribution in [0, 0.1) is 11.7 Å². The molecule has 7 N–H and O–H groups in total. The van der Waals surface area contributed by atoms with E-state index in [1.807, 2.05) is 150 Å². The van der Waals surface area contributed by atoms with Gasteiger partial charge in [0.05, 0.1) is 50.5 Å². The number of methoxy groups -OCH3 is 1. The molecule has 8 atom stereocenters. The zero-order chi connectivity index (χ0) is 94.0. The Labute approximate surface area is 812 Å². The van der Waals surface area contributed by atoms with Gasteiger partial charge in [0.25, 0.3) is 0 Å². The summed E-state index contributed by atoms with van der Waals surface area (Å²) in [7, 11) is 5.78. The minimum Gasteiger partial charge on any atom is -0.497 e. The summed E-state index contributed by atoms with van der Waals surface area (Å²) < 4.78 is 46.8. The zero-order valence-electron chi connectivity index (χ0n) is 75.5. The van der Waals surface area contributed by atoms with E-state index in [0.717, 1.165) is 186 Å². The summed E-state index contributed by atoms with van der Waals surface area (Å²) in [6.45, 7) is 12.8. The average Bonchev–Trinajstić information content (AvgIpc) is 1.61. The van der Waals surface area contributed by atoms with Crippen molar-refractivity contribution in [2.45, 2.75) is 133 Å². The molecule has 0 bridgehead atoms. The van der Waals surface area contributed by atoms with Gasteiger partial charge >= 0.3 is 24.2 Å². The average molecular weight is 1950 g/mol. The number of nitrogens with zero attached hydrogens (tertiary/aromatic N) is 5. The van der Waals surface area contributed by atoms with E-state index < -0.39 is 12.1 Å². The molecule has 10 heterocycles. The van der Waals surface area contributed by atoms with Gasteiger partial charge in [0.15, 0.2) is 5.11 Å². The maximum atomic E-state index is 13.6. The van der Waals surface area contributed by atoms with Crippen molar-refractivity contribution in [1.29, 1.82) is 0 Å². The Morgan fingerprint density at radius 1 is 0.522 bits per heavy atom. The van der Waals surface area contributed by atoms with Crippen LogP contribution in [-0.2, 0) is 44.7 Å². The number of carbonyl (C=O) groups excluding carboxylic acids is 5. The van der Waals surface area contributed by atoms with Gasteiger partial charge in [-0.15, -0.1) is 0 Å². The van der Waals surface area contributed by atoms with E-state index in [0.29, 0.717) is 83.5 Å². The molecule has 8 unspecified atom stereocenters. The summed E-state index contributed by atoms with van der Waals surface area (Å²) in [4.78, 5) is 86.3. The molecule has 700 valence electrons. The number of H-pyrrole nitrogens is 4. The van der Waals surface area contributed by atoms with Gasteiger partial charge < -0.3 is 79.0 Å². The molecular weight excluding hydrogens is 1840 g/mol. The van der Waals surface area contributed by atoms with Crippen LogP contribution in [0.5, 0.6) is 23.0 Å². The van der Waals surface area contributed by atoms with Gasteiger partial charge in [0.2, 0.25) is 5.91 Å². The number of fused-ring (bicyclic) bond motifs is 13. The largest absolute Gasteiger partial charge is 0.497 e. The minimum atomic E-state index is -0.470. The summed E-state index contributed by atoms with van der Waals surface area (Å²) >= 11 is 38.7. The van der Waals surface area contributed by atoms with Crippen molar-refractivity contribution >= 4 is 166 Å². The number of aromatic amines is 4. The predicted octanol–water partition coefficient (Wildman–Crippen LogP) is 23.2. The van der Waals surface area contributed by atoms with Crippen molar-refractivity contribution < 1.29 is 56.8 Å². The SMILES string of the molecule is CC(=O)N1CCc2c([nH]c3ccc(Cl)cc23)C1c1ccc(OCCCN(C)C)cc1.CCOC(=O)N1CCc2c([nH]c3ccc(Cl)cc23)C1C(C)CC.COc1ccc(C2c3[nH]c4ccc(Cl)cc4c3CCN2C(=S)Nc2ccc(F)cc2)cc1.O=C1NC2CSC(CCCCC(=O)OCCOc3ccc(C4c5[nH]c6ccc(Cl)cc6c5CCN4C(=O)Oc4ccc(Cl)cc4)cc3)C2N1. The minimum absolute atomic E-state index is 0.0222. The molecule has 2 fully saturated rings. The first-order chi connectivity index (χ1) is 64.8. The van der Waals surface area contributed by atoms with E-state index in [1.165, 1.54) is 34.2 Å². The van der Waals surface area contributed by atoms with Gasteiger partial charge in [-0.3, -0.25) is 19.4 Å². The van der Waals surface area contributed by atoms with Crippen molar-refractivity contribution in [3.63, 3.8) is 0 Å². The number of thiocarbonyl (C=S) groups is 1. The Bertz CT molecular complexity index is 6380. The number of esters is 1. The van der Waals surface area contributed by atoms with Crippen LogP contribution in [0.15, 0.2) is 194 Å². The molecule has 23 nitrogen and oxygen atoms in total. The Kier molecular flexibility index (Phi) is 31.1. The third-order valence-corrected chi connectivity index (χ3v) is 28.7. The molecule has 4 aromatic heterocycles. The predicted molar refractivity (Wildman–Crippen MR) is 535 cm³/mol. The number of thioether (sulfide) groups is 1. The van der Waals surface area contributed by atoms with Crippen LogP contribution in [-0.4, -0.2) is 183 Å². The lowest BCUT2D eigenvalue weighted by molar-refractivity contribution is -0.144. The maximum absolute atomic E-state index is 13.6. The van der Waals surface area contributed by atoms with E-state index in [9.17, 15) is 28.4 Å². The number of anilines is 1. The summed E-state index contributed by atoms with van der Waals surface area (Å²) in [5.74, 6) is 3.51. The van der Waals surface area contributed by atoms with E-state index in [1.54, 1.807) is 55.3 Å². The van der Waals surface area contributed by atoms with Gasteiger partial charge in [0, 0.05) is 154 Å². The zero-order valence-corrected chi connectivity index (χ0v) is 81.0. The number of nitrogens with one attached hydrogen (secondary N) is 7. The molecule has 0 spiro atoms. The second kappa shape index (κ2) is 43.6. The molecule has 9 aromatic carbocycles. The van der Waals surface area contributed by atoms with Gasteiger partial charge in [-0.1, -0.05) is 121 Å². The van der Waals surface area contributed by atoms with Crippen molar-refractivity contribution in [1.82, 2.24) is 55.1 Å². The summed E-state index contributed by atoms with van der Waals surface area (Å²) in [6, 6.07) is 59.8. The fourth-order valence-electron chi connectivity index (χ4n) is 19.0. The highest BCUT2D eigenvalue weighted by Gasteiger charge is 2.44. The molecule has 13 aromatic rings. The molecule has 0 radical (unpaired) electrons. The highest BCUT2D eigenvalue weighted by molar-refractivity contribution is 8.00. The first-order valence-corrected chi connectivity index (χ1v) is 48.8. The number of hydrogen-bond acceptors (Lipinski definition) is 14. The molecule has 0 saturated carbocycles. The number of urea groups is 1. The second-order valence-electron chi connectivity index (χ2n) is 34.5. The summed E-state index contributed by atoms with van der Waals surface area (Å²) in [5, 5.41) is 18.1. The number of amides is 5. The van der Waals surface area contributed by atoms with Gasteiger partial charge in [-0.05, 0) is 281 Å². The number of unbranched alkanes of at least 4 members (excludes halogenated alkanes) is 1.